The third-order valence-electron chi connectivity index (χ3n) is 3.48. The molecule has 0 saturated carbocycles. The van der Waals surface area contributed by atoms with Crippen LogP contribution in [0.25, 0.3) is 10.8 Å². The van der Waals surface area contributed by atoms with Gasteiger partial charge in [0.1, 0.15) is 0 Å². The zero-order chi connectivity index (χ0) is 14.7. The molecule has 4 heteroatoms. The quantitative estimate of drug-likeness (QED) is 0.348. The van der Waals surface area contributed by atoms with Gasteiger partial charge in [-0.2, -0.15) is 4.57 Å². The number of aromatic nitrogens is 1. The van der Waals surface area contributed by atoms with Crippen LogP contribution < -0.4 is 28.5 Å². The van der Waals surface area contributed by atoms with Crippen LogP contribution in [0.3, 0.4) is 0 Å². The Bertz CT molecular complexity index is 787. The molecule has 0 spiro atoms. The SMILES string of the molecule is COC(=O)c1cc2ccccc2c[n+]1Cc1ccccc1.[I-]. The van der Waals surface area contributed by atoms with E-state index in [1.807, 2.05) is 71.4 Å². The number of hydrogen-bond acceptors (Lipinski definition) is 2. The van der Waals surface area contributed by atoms with E-state index in [4.69, 9.17) is 4.74 Å². The van der Waals surface area contributed by atoms with Gasteiger partial charge in [0.15, 0.2) is 12.7 Å². The largest absolute Gasteiger partial charge is 1.00 e. The molecule has 0 saturated heterocycles. The average molecular weight is 405 g/mol. The summed E-state index contributed by atoms with van der Waals surface area (Å²) in [6.07, 6.45) is 1.99. The Hall–Kier alpha value is -1.95. The molecule has 1 heterocycles. The zero-order valence-corrected chi connectivity index (χ0v) is 14.4. The number of ether oxygens (including phenoxy) is 1. The number of rotatable bonds is 3. The summed E-state index contributed by atoms with van der Waals surface area (Å²) in [7, 11) is 1.41. The summed E-state index contributed by atoms with van der Waals surface area (Å²) in [4.78, 5) is 12.0. The van der Waals surface area contributed by atoms with E-state index in [1.54, 1.807) is 0 Å². The van der Waals surface area contributed by atoms with E-state index < -0.39 is 0 Å². The van der Waals surface area contributed by atoms with E-state index in [0.717, 1.165) is 16.3 Å². The predicted molar refractivity (Wildman–Crippen MR) is 81.0 cm³/mol. The van der Waals surface area contributed by atoms with Crippen LogP contribution in [-0.2, 0) is 11.3 Å². The van der Waals surface area contributed by atoms with Crippen molar-refractivity contribution in [3.8, 4) is 0 Å². The number of esters is 1. The number of carbonyl (C=O) groups excluding carboxylic acids is 1. The van der Waals surface area contributed by atoms with Crippen LogP contribution in [0.4, 0.5) is 0 Å². The molecule has 0 N–H and O–H groups in total. The van der Waals surface area contributed by atoms with Crippen LogP contribution >= 0.6 is 0 Å². The van der Waals surface area contributed by atoms with E-state index in [9.17, 15) is 4.79 Å². The minimum absolute atomic E-state index is 0. The normalized spacial score (nSPS) is 10.0. The molecule has 3 aromatic rings. The van der Waals surface area contributed by atoms with Crippen molar-refractivity contribution in [1.29, 1.82) is 0 Å². The molecule has 1 aromatic heterocycles. The summed E-state index contributed by atoms with van der Waals surface area (Å²) in [5.74, 6) is -0.323. The van der Waals surface area contributed by atoms with Gasteiger partial charge < -0.3 is 28.7 Å². The van der Waals surface area contributed by atoms with Crippen molar-refractivity contribution >= 4 is 16.7 Å². The zero-order valence-electron chi connectivity index (χ0n) is 12.2. The van der Waals surface area contributed by atoms with Crippen LogP contribution in [-0.4, -0.2) is 13.1 Å². The Morgan fingerprint density at radius 3 is 2.32 bits per heavy atom. The lowest BCUT2D eigenvalue weighted by molar-refractivity contribution is -0.689. The fraction of sp³-hybridized carbons (Fsp3) is 0.111. The number of fused-ring (bicyclic) bond motifs is 1. The van der Waals surface area contributed by atoms with Crippen molar-refractivity contribution in [3.05, 3.63) is 78.1 Å². The summed E-state index contributed by atoms with van der Waals surface area (Å²) in [5.41, 5.74) is 1.70. The highest BCUT2D eigenvalue weighted by Gasteiger charge is 2.21. The molecular weight excluding hydrogens is 389 g/mol. The van der Waals surface area contributed by atoms with E-state index in [2.05, 4.69) is 0 Å². The summed E-state index contributed by atoms with van der Waals surface area (Å²) in [5, 5.41) is 2.13. The maximum absolute atomic E-state index is 12.0. The Labute approximate surface area is 146 Å². The molecule has 22 heavy (non-hydrogen) atoms. The van der Waals surface area contributed by atoms with Crippen LogP contribution in [0.15, 0.2) is 66.9 Å². The topological polar surface area (TPSA) is 30.2 Å². The first-order valence-corrected chi connectivity index (χ1v) is 6.82. The van der Waals surface area contributed by atoms with Gasteiger partial charge in [-0.3, -0.25) is 0 Å². The van der Waals surface area contributed by atoms with E-state index in [0.29, 0.717) is 12.2 Å². The summed E-state index contributed by atoms with van der Waals surface area (Å²) in [6, 6.07) is 19.9. The summed E-state index contributed by atoms with van der Waals surface area (Å²) in [6.45, 7) is 0.635. The second-order valence-electron chi connectivity index (χ2n) is 4.89. The van der Waals surface area contributed by atoms with Crippen molar-refractivity contribution in [2.45, 2.75) is 6.54 Å². The number of nitrogens with zero attached hydrogens (tertiary/aromatic N) is 1. The van der Waals surface area contributed by atoms with Crippen LogP contribution in [0.2, 0.25) is 0 Å². The molecule has 0 radical (unpaired) electrons. The molecule has 0 atom stereocenters. The van der Waals surface area contributed by atoms with Gasteiger partial charge in [-0.15, -0.1) is 0 Å². The molecule has 0 aliphatic rings. The third kappa shape index (κ3) is 3.44. The first-order valence-electron chi connectivity index (χ1n) is 6.82. The number of benzene rings is 2. The standard InChI is InChI=1S/C18H16NO2.HI/c1-21-18(20)17-11-15-9-5-6-10-16(15)13-19(17)12-14-7-3-2-4-8-14;/h2-11,13H,12H2,1H3;1H/q+1;/p-1. The second-order valence-corrected chi connectivity index (χ2v) is 4.89. The van der Waals surface area contributed by atoms with Crippen LogP contribution in [0.1, 0.15) is 16.1 Å². The first-order chi connectivity index (χ1) is 10.3. The minimum atomic E-state index is -0.323. The fourth-order valence-corrected chi connectivity index (χ4v) is 2.42. The second kappa shape index (κ2) is 7.35. The van der Waals surface area contributed by atoms with Gasteiger partial charge in [0.25, 0.3) is 5.69 Å². The molecule has 0 unspecified atom stereocenters. The highest BCUT2D eigenvalue weighted by molar-refractivity contribution is 5.91. The van der Waals surface area contributed by atoms with Crippen LogP contribution in [0.5, 0.6) is 0 Å². The van der Waals surface area contributed by atoms with E-state index in [1.165, 1.54) is 7.11 Å². The summed E-state index contributed by atoms with van der Waals surface area (Å²) >= 11 is 0. The van der Waals surface area contributed by atoms with Gasteiger partial charge in [-0.25, -0.2) is 4.79 Å². The first kappa shape index (κ1) is 16.4. The maximum atomic E-state index is 12.0. The Kier molecular flexibility index (Phi) is 5.49. The molecule has 2 aromatic carbocycles. The molecule has 0 fully saturated rings. The Morgan fingerprint density at radius 2 is 1.64 bits per heavy atom. The molecule has 0 bridgehead atoms. The van der Waals surface area contributed by atoms with Crippen molar-refractivity contribution in [2.75, 3.05) is 7.11 Å². The molecule has 3 nitrogen and oxygen atoms in total. The van der Waals surface area contributed by atoms with E-state index >= 15 is 0 Å². The fourth-order valence-electron chi connectivity index (χ4n) is 2.42. The van der Waals surface area contributed by atoms with Crippen molar-refractivity contribution in [1.82, 2.24) is 0 Å². The number of methoxy groups -OCH3 is 1. The lowest BCUT2D eigenvalue weighted by atomic mass is 10.1. The minimum Gasteiger partial charge on any atom is -1.00 e. The molecule has 3 rings (SSSR count). The smallest absolute Gasteiger partial charge is 0.403 e. The van der Waals surface area contributed by atoms with Gasteiger partial charge in [-0.1, -0.05) is 48.5 Å². The predicted octanol–water partition coefficient (Wildman–Crippen LogP) is -0.0338. The lowest BCUT2D eigenvalue weighted by Gasteiger charge is -2.05. The van der Waals surface area contributed by atoms with E-state index in [-0.39, 0.29) is 29.9 Å². The molecule has 0 aliphatic carbocycles. The van der Waals surface area contributed by atoms with Gasteiger partial charge in [0, 0.05) is 17.0 Å². The molecule has 112 valence electrons. The van der Waals surface area contributed by atoms with Crippen molar-refractivity contribution < 1.29 is 38.1 Å². The number of carbonyl (C=O) groups is 1. The highest BCUT2D eigenvalue weighted by atomic mass is 127. The maximum Gasteiger partial charge on any atom is 0.403 e. The van der Waals surface area contributed by atoms with Gasteiger partial charge in [0.2, 0.25) is 0 Å². The number of pyridine rings is 1. The highest BCUT2D eigenvalue weighted by Crippen LogP contribution is 2.13. The van der Waals surface area contributed by atoms with Gasteiger partial charge in [-0.05, 0) is 11.5 Å². The van der Waals surface area contributed by atoms with Crippen LogP contribution in [0, 0.1) is 0 Å². The number of hydrogen-bond donors (Lipinski definition) is 0. The molecule has 0 aliphatic heterocycles. The Morgan fingerprint density at radius 1 is 1.00 bits per heavy atom. The van der Waals surface area contributed by atoms with Gasteiger partial charge >= 0.3 is 5.97 Å². The Balaban J connectivity index is 0.00000176. The lowest BCUT2D eigenvalue weighted by Crippen LogP contribution is -3.00. The van der Waals surface area contributed by atoms with Gasteiger partial charge in [0.05, 0.1) is 7.11 Å². The average Bonchev–Trinajstić information content (AvgIpc) is 2.54. The molecule has 0 amide bonds. The van der Waals surface area contributed by atoms with Crippen molar-refractivity contribution in [3.63, 3.8) is 0 Å². The summed E-state index contributed by atoms with van der Waals surface area (Å²) < 4.78 is 6.84. The third-order valence-corrected chi connectivity index (χ3v) is 3.48. The number of halogens is 1. The molecular formula is C18H16INO2. The monoisotopic (exact) mass is 405 g/mol. The van der Waals surface area contributed by atoms with Crippen molar-refractivity contribution in [2.24, 2.45) is 0 Å².